The number of H-pyrrole nitrogens is 1. The normalized spacial score (nSPS) is 17.1. The van der Waals surface area contributed by atoms with Crippen molar-refractivity contribution in [2.24, 2.45) is 0 Å². The van der Waals surface area contributed by atoms with E-state index in [1.165, 1.54) is 11.3 Å². The lowest BCUT2D eigenvalue weighted by atomic mass is 10.2. The van der Waals surface area contributed by atoms with Crippen molar-refractivity contribution in [1.29, 1.82) is 0 Å². The van der Waals surface area contributed by atoms with Gasteiger partial charge in [0.1, 0.15) is 5.69 Å². The first kappa shape index (κ1) is 13.1. The van der Waals surface area contributed by atoms with Crippen LogP contribution in [0.25, 0.3) is 10.6 Å². The maximum Gasteiger partial charge on any atom is 0.321 e. The zero-order valence-electron chi connectivity index (χ0n) is 10.4. The number of nitrogens with one attached hydrogen (secondary N) is 4. The molecule has 2 aromatic rings. The summed E-state index contributed by atoms with van der Waals surface area (Å²) in [6.45, 7) is -0.0645. The van der Waals surface area contributed by atoms with Gasteiger partial charge >= 0.3 is 6.03 Å². The van der Waals surface area contributed by atoms with Crippen molar-refractivity contribution in [3.05, 3.63) is 23.8 Å². The predicted octanol–water partition coefficient (Wildman–Crippen LogP) is -0.0509. The van der Waals surface area contributed by atoms with E-state index in [0.717, 1.165) is 4.88 Å². The van der Waals surface area contributed by atoms with Gasteiger partial charge in [0.05, 0.1) is 23.2 Å². The van der Waals surface area contributed by atoms with Gasteiger partial charge in [0.15, 0.2) is 5.13 Å². The summed E-state index contributed by atoms with van der Waals surface area (Å²) in [6.07, 6.45) is 3.10. The molecule has 2 aromatic heterocycles. The van der Waals surface area contributed by atoms with E-state index in [9.17, 15) is 14.7 Å². The minimum Gasteiger partial charge on any atom is -0.494 e. The monoisotopic (exact) mass is 307 g/mol. The fourth-order valence-corrected chi connectivity index (χ4v) is 2.38. The first-order chi connectivity index (χ1) is 10.1. The molecule has 1 saturated heterocycles. The van der Waals surface area contributed by atoms with Crippen LogP contribution < -0.4 is 16.0 Å². The third-order valence-electron chi connectivity index (χ3n) is 2.61. The molecule has 0 aromatic carbocycles. The number of hydrogen-bond donors (Lipinski definition) is 5. The van der Waals surface area contributed by atoms with E-state index in [2.05, 4.69) is 31.0 Å². The van der Waals surface area contributed by atoms with Crippen molar-refractivity contribution in [1.82, 2.24) is 31.0 Å². The molecule has 3 rings (SSSR count). The number of anilines is 1. The van der Waals surface area contributed by atoms with E-state index < -0.39 is 11.9 Å². The number of nitrogens with zero attached hydrogens (tertiary/aromatic N) is 3. The molecule has 0 saturated carbocycles. The number of hydrogen-bond acceptors (Lipinski definition) is 8. The number of urea groups is 1. The molecule has 108 valence electrons. The van der Waals surface area contributed by atoms with Crippen LogP contribution in [0, 0.1) is 0 Å². The summed E-state index contributed by atoms with van der Waals surface area (Å²) in [5, 5.41) is 27.4. The first-order valence-electron chi connectivity index (χ1n) is 5.74. The van der Waals surface area contributed by atoms with E-state index in [0.29, 0.717) is 10.8 Å². The third kappa shape index (κ3) is 2.67. The minimum absolute atomic E-state index is 0.0211. The van der Waals surface area contributed by atoms with Gasteiger partial charge in [0.2, 0.25) is 5.88 Å². The molecule has 10 nitrogen and oxygen atoms in total. The molecule has 0 unspecified atom stereocenters. The summed E-state index contributed by atoms with van der Waals surface area (Å²) < 4.78 is 0. The van der Waals surface area contributed by atoms with Gasteiger partial charge in [-0.2, -0.15) is 15.4 Å². The van der Waals surface area contributed by atoms with Gasteiger partial charge in [0.25, 0.3) is 5.91 Å². The van der Waals surface area contributed by atoms with Crippen molar-refractivity contribution >= 4 is 28.4 Å². The molecule has 0 aliphatic carbocycles. The van der Waals surface area contributed by atoms with Crippen LogP contribution in [0.15, 0.2) is 23.8 Å². The van der Waals surface area contributed by atoms with Gasteiger partial charge in [-0.1, -0.05) is 11.3 Å². The number of aliphatic hydroxyl groups excluding tert-OH is 1. The smallest absolute Gasteiger partial charge is 0.321 e. The Bertz CT molecular complexity index is 721. The molecule has 0 bridgehead atoms. The average Bonchev–Trinajstić information content (AvgIpc) is 3.08. The van der Waals surface area contributed by atoms with Crippen LogP contribution in [0.1, 0.15) is 0 Å². The Labute approximate surface area is 121 Å². The molecule has 0 atom stereocenters. The van der Waals surface area contributed by atoms with Crippen LogP contribution in [0.2, 0.25) is 0 Å². The number of rotatable bonds is 3. The van der Waals surface area contributed by atoms with Crippen molar-refractivity contribution in [2.45, 2.75) is 0 Å². The molecule has 11 heteroatoms. The largest absolute Gasteiger partial charge is 0.494 e. The summed E-state index contributed by atoms with van der Waals surface area (Å²) >= 11 is 1.23. The summed E-state index contributed by atoms with van der Waals surface area (Å²) in [4.78, 5) is 27.3. The Morgan fingerprint density at radius 1 is 1.38 bits per heavy atom. The van der Waals surface area contributed by atoms with Gasteiger partial charge in [-0.05, 0) is 0 Å². The summed E-state index contributed by atoms with van der Waals surface area (Å²) in [5.74, 6) is -1.02. The van der Waals surface area contributed by atoms with E-state index in [1.807, 2.05) is 5.32 Å². The molecule has 1 aliphatic heterocycles. The lowest BCUT2D eigenvalue weighted by Crippen LogP contribution is -2.48. The maximum atomic E-state index is 11.6. The Morgan fingerprint density at radius 3 is 2.95 bits per heavy atom. The van der Waals surface area contributed by atoms with Gasteiger partial charge in [-0.25, -0.2) is 9.78 Å². The van der Waals surface area contributed by atoms with E-state index in [4.69, 9.17) is 0 Å². The summed E-state index contributed by atoms with van der Waals surface area (Å²) in [5.41, 5.74) is 0.642. The molecule has 1 aliphatic rings. The molecule has 5 N–H and O–H groups in total. The molecule has 0 radical (unpaired) electrons. The molecular formula is C10H9N7O3S. The van der Waals surface area contributed by atoms with Gasteiger partial charge in [0, 0.05) is 6.20 Å². The highest BCUT2D eigenvalue weighted by atomic mass is 32.1. The number of amides is 3. The van der Waals surface area contributed by atoms with E-state index in [-0.39, 0.29) is 18.0 Å². The number of carbonyl (C=O) groups is 2. The number of aromatic amines is 1. The Morgan fingerprint density at radius 2 is 2.24 bits per heavy atom. The van der Waals surface area contributed by atoms with Crippen LogP contribution in [-0.4, -0.2) is 44.0 Å². The number of aromatic nitrogens is 4. The fourth-order valence-electron chi connectivity index (χ4n) is 1.61. The quantitative estimate of drug-likeness (QED) is 0.395. The standard InChI is InChI=1S/C10H9N7O3S/c18-7-4(1-11-9(20)14-7)8(19)15-10-12-3-6(21-10)5-2-13-17-16-5/h2-3,19H,1H2,(H,12,15)(H,13,16,17)(H2,11,14,18,20). The number of carbonyl (C=O) groups excluding carboxylic acids is 2. The lowest BCUT2D eigenvalue weighted by Gasteiger charge is -2.16. The maximum absolute atomic E-state index is 11.6. The lowest BCUT2D eigenvalue weighted by molar-refractivity contribution is -0.117. The van der Waals surface area contributed by atoms with Crippen LogP contribution in [0.5, 0.6) is 0 Å². The Hall–Kier alpha value is -2.95. The number of imide groups is 1. The van der Waals surface area contributed by atoms with Crippen LogP contribution >= 0.6 is 11.3 Å². The highest BCUT2D eigenvalue weighted by Crippen LogP contribution is 2.27. The fraction of sp³-hybridized carbons (Fsp3) is 0.100. The number of aliphatic hydroxyl groups is 1. The van der Waals surface area contributed by atoms with Gasteiger partial charge in [-0.15, -0.1) is 0 Å². The summed E-state index contributed by atoms with van der Waals surface area (Å²) in [6, 6.07) is -0.598. The van der Waals surface area contributed by atoms with Gasteiger partial charge in [-0.3, -0.25) is 10.1 Å². The van der Waals surface area contributed by atoms with Gasteiger partial charge < -0.3 is 15.7 Å². The van der Waals surface area contributed by atoms with Crippen molar-refractivity contribution in [2.75, 3.05) is 11.9 Å². The third-order valence-corrected chi connectivity index (χ3v) is 3.55. The molecular weight excluding hydrogens is 298 g/mol. The predicted molar refractivity (Wildman–Crippen MR) is 72.3 cm³/mol. The second-order valence-electron chi connectivity index (χ2n) is 3.97. The Kier molecular flexibility index (Phi) is 3.23. The topological polar surface area (TPSA) is 145 Å². The van der Waals surface area contributed by atoms with Crippen LogP contribution in [-0.2, 0) is 4.79 Å². The molecule has 1 fully saturated rings. The second kappa shape index (κ2) is 5.20. The molecule has 3 amide bonds. The Balaban J connectivity index is 1.77. The van der Waals surface area contributed by atoms with Crippen LogP contribution in [0.3, 0.4) is 0 Å². The van der Waals surface area contributed by atoms with Crippen LogP contribution in [0.4, 0.5) is 9.93 Å². The average molecular weight is 307 g/mol. The van der Waals surface area contributed by atoms with Crippen molar-refractivity contribution < 1.29 is 14.7 Å². The van der Waals surface area contributed by atoms with E-state index in [1.54, 1.807) is 12.4 Å². The second-order valence-corrected chi connectivity index (χ2v) is 5.00. The minimum atomic E-state index is -0.656. The van der Waals surface area contributed by atoms with Crippen molar-refractivity contribution in [3.63, 3.8) is 0 Å². The molecule has 0 spiro atoms. The molecule has 21 heavy (non-hydrogen) atoms. The number of thiazole rings is 1. The highest BCUT2D eigenvalue weighted by Gasteiger charge is 2.24. The van der Waals surface area contributed by atoms with Crippen molar-refractivity contribution in [3.8, 4) is 10.6 Å². The van der Waals surface area contributed by atoms with E-state index >= 15 is 0 Å². The SMILES string of the molecule is O=C1NCC(=C(O)Nc2ncc(-c3cn[nH]n3)s2)C(=O)N1. The first-order valence-corrected chi connectivity index (χ1v) is 6.55. The summed E-state index contributed by atoms with van der Waals surface area (Å²) in [7, 11) is 0. The zero-order chi connectivity index (χ0) is 14.8. The highest BCUT2D eigenvalue weighted by molar-refractivity contribution is 7.18. The zero-order valence-corrected chi connectivity index (χ0v) is 11.2. The molecule has 3 heterocycles.